The van der Waals surface area contributed by atoms with Crippen molar-refractivity contribution in [3.63, 3.8) is 0 Å². The molecule has 0 aromatic heterocycles. The number of phenolic OH excluding ortho intramolecular Hbond substituents is 1. The van der Waals surface area contributed by atoms with Gasteiger partial charge in [-0.15, -0.1) is 0 Å². The maximum atomic E-state index is 13.1. The standard InChI is InChI=1S/C13H16FNO3/c14-9-4-5-12(17)11(8-9)13(18)15(6-7-16)10-2-1-3-10/h4-5,8,10,16-17H,1-3,6-7H2. The first-order chi connectivity index (χ1) is 8.63. The van der Waals surface area contributed by atoms with Crippen LogP contribution in [0.2, 0.25) is 0 Å². The van der Waals surface area contributed by atoms with Crippen LogP contribution < -0.4 is 0 Å². The van der Waals surface area contributed by atoms with Gasteiger partial charge in [-0.1, -0.05) is 0 Å². The monoisotopic (exact) mass is 253 g/mol. The Hall–Kier alpha value is -1.62. The summed E-state index contributed by atoms with van der Waals surface area (Å²) >= 11 is 0. The van der Waals surface area contributed by atoms with Gasteiger partial charge >= 0.3 is 0 Å². The lowest BCUT2D eigenvalue weighted by Gasteiger charge is -2.37. The molecule has 1 amide bonds. The first-order valence-corrected chi connectivity index (χ1v) is 6.04. The summed E-state index contributed by atoms with van der Waals surface area (Å²) in [7, 11) is 0. The summed E-state index contributed by atoms with van der Waals surface area (Å²) in [5.74, 6) is -1.22. The lowest BCUT2D eigenvalue weighted by molar-refractivity contribution is 0.0522. The third-order valence-corrected chi connectivity index (χ3v) is 3.31. The predicted octanol–water partition coefficient (Wildman–Crippen LogP) is 1.52. The summed E-state index contributed by atoms with van der Waals surface area (Å²) in [6.45, 7) is 0.0672. The summed E-state index contributed by atoms with van der Waals surface area (Å²) in [6, 6.07) is 3.39. The molecule has 0 aliphatic heterocycles. The molecule has 0 bridgehead atoms. The Balaban J connectivity index is 2.23. The van der Waals surface area contributed by atoms with E-state index in [-0.39, 0.29) is 30.5 Å². The highest BCUT2D eigenvalue weighted by Gasteiger charge is 2.30. The highest BCUT2D eigenvalue weighted by molar-refractivity contribution is 5.97. The van der Waals surface area contributed by atoms with E-state index in [2.05, 4.69) is 0 Å². The number of benzene rings is 1. The number of aliphatic hydroxyl groups is 1. The Kier molecular flexibility index (Phi) is 3.81. The van der Waals surface area contributed by atoms with Gasteiger partial charge in [-0.25, -0.2) is 4.39 Å². The van der Waals surface area contributed by atoms with Crippen LogP contribution in [0.3, 0.4) is 0 Å². The zero-order valence-electron chi connectivity index (χ0n) is 9.97. The van der Waals surface area contributed by atoms with Crippen molar-refractivity contribution in [3.05, 3.63) is 29.6 Å². The maximum absolute atomic E-state index is 13.1. The van der Waals surface area contributed by atoms with E-state index in [1.807, 2.05) is 0 Å². The molecule has 1 aliphatic rings. The van der Waals surface area contributed by atoms with Crippen LogP contribution in [0.1, 0.15) is 29.6 Å². The molecule has 0 heterocycles. The number of aliphatic hydroxyl groups excluding tert-OH is 1. The molecular formula is C13H16FNO3. The third-order valence-electron chi connectivity index (χ3n) is 3.31. The van der Waals surface area contributed by atoms with Gasteiger partial charge in [0.25, 0.3) is 5.91 Å². The minimum absolute atomic E-state index is 0.0460. The van der Waals surface area contributed by atoms with Gasteiger partial charge < -0.3 is 15.1 Å². The fourth-order valence-electron chi connectivity index (χ4n) is 2.09. The molecule has 98 valence electrons. The first-order valence-electron chi connectivity index (χ1n) is 6.04. The van der Waals surface area contributed by atoms with Gasteiger partial charge in [0.2, 0.25) is 0 Å². The maximum Gasteiger partial charge on any atom is 0.258 e. The Bertz CT molecular complexity index is 446. The summed E-state index contributed by atoms with van der Waals surface area (Å²) in [6.07, 6.45) is 2.83. The molecule has 4 nitrogen and oxygen atoms in total. The van der Waals surface area contributed by atoms with Crippen molar-refractivity contribution in [2.45, 2.75) is 25.3 Å². The van der Waals surface area contributed by atoms with E-state index in [9.17, 15) is 14.3 Å². The van der Waals surface area contributed by atoms with Crippen molar-refractivity contribution in [1.82, 2.24) is 4.90 Å². The average Bonchev–Trinajstić information content (AvgIpc) is 2.28. The molecule has 2 rings (SSSR count). The highest BCUT2D eigenvalue weighted by Crippen LogP contribution is 2.28. The van der Waals surface area contributed by atoms with Crippen LogP contribution in [-0.4, -0.2) is 40.2 Å². The van der Waals surface area contributed by atoms with Crippen molar-refractivity contribution < 1.29 is 19.4 Å². The Morgan fingerprint density at radius 3 is 2.72 bits per heavy atom. The summed E-state index contributed by atoms with van der Waals surface area (Å²) < 4.78 is 13.1. The molecule has 0 unspecified atom stereocenters. The largest absolute Gasteiger partial charge is 0.507 e. The van der Waals surface area contributed by atoms with Crippen molar-refractivity contribution in [3.8, 4) is 5.75 Å². The van der Waals surface area contributed by atoms with Crippen molar-refractivity contribution in [2.75, 3.05) is 13.2 Å². The number of hydrogen-bond acceptors (Lipinski definition) is 3. The van der Waals surface area contributed by atoms with Gasteiger partial charge in [0.05, 0.1) is 12.2 Å². The van der Waals surface area contributed by atoms with Crippen LogP contribution in [0.25, 0.3) is 0 Å². The van der Waals surface area contributed by atoms with Gasteiger partial charge in [0, 0.05) is 12.6 Å². The topological polar surface area (TPSA) is 60.8 Å². The third kappa shape index (κ3) is 2.46. The molecule has 1 aromatic carbocycles. The van der Waals surface area contributed by atoms with E-state index < -0.39 is 11.7 Å². The number of amides is 1. The van der Waals surface area contributed by atoms with Crippen LogP contribution in [0.4, 0.5) is 4.39 Å². The minimum atomic E-state index is -0.561. The SMILES string of the molecule is O=C(c1cc(F)ccc1O)N(CCO)C1CCC1. The quantitative estimate of drug-likeness (QED) is 0.855. The molecule has 5 heteroatoms. The summed E-state index contributed by atoms with van der Waals surface area (Å²) in [5.41, 5.74) is -0.0460. The number of carbonyl (C=O) groups excluding carboxylic acids is 1. The van der Waals surface area contributed by atoms with Gasteiger partial charge in [0.1, 0.15) is 11.6 Å². The molecule has 1 saturated carbocycles. The fraction of sp³-hybridized carbons (Fsp3) is 0.462. The Labute approximate surface area is 105 Å². The number of nitrogens with zero attached hydrogens (tertiary/aromatic N) is 1. The molecule has 0 atom stereocenters. The van der Waals surface area contributed by atoms with Gasteiger partial charge in [0.15, 0.2) is 0 Å². The predicted molar refractivity (Wildman–Crippen MR) is 63.8 cm³/mol. The zero-order valence-corrected chi connectivity index (χ0v) is 9.97. The highest BCUT2D eigenvalue weighted by atomic mass is 19.1. The molecule has 1 fully saturated rings. The minimum Gasteiger partial charge on any atom is -0.507 e. The molecule has 1 aliphatic carbocycles. The number of halogens is 1. The zero-order chi connectivity index (χ0) is 13.1. The Morgan fingerprint density at radius 2 is 2.17 bits per heavy atom. The molecular weight excluding hydrogens is 237 g/mol. The number of rotatable bonds is 4. The summed E-state index contributed by atoms with van der Waals surface area (Å²) in [5, 5.41) is 18.6. The first kappa shape index (κ1) is 12.8. The van der Waals surface area contributed by atoms with E-state index in [1.165, 1.54) is 11.0 Å². The smallest absolute Gasteiger partial charge is 0.258 e. The van der Waals surface area contributed by atoms with Crippen molar-refractivity contribution >= 4 is 5.91 Å². The molecule has 2 N–H and O–H groups in total. The van der Waals surface area contributed by atoms with Gasteiger partial charge in [-0.3, -0.25) is 4.79 Å². The lowest BCUT2D eigenvalue weighted by Crippen LogP contribution is -2.45. The fourth-order valence-corrected chi connectivity index (χ4v) is 2.09. The van der Waals surface area contributed by atoms with Gasteiger partial charge in [-0.2, -0.15) is 0 Å². The molecule has 0 radical (unpaired) electrons. The van der Waals surface area contributed by atoms with E-state index in [4.69, 9.17) is 5.11 Å². The van der Waals surface area contributed by atoms with Crippen LogP contribution in [-0.2, 0) is 0 Å². The number of aromatic hydroxyl groups is 1. The summed E-state index contributed by atoms with van der Waals surface area (Å²) in [4.78, 5) is 13.7. The van der Waals surface area contributed by atoms with Crippen LogP contribution in [0.5, 0.6) is 5.75 Å². The molecule has 18 heavy (non-hydrogen) atoms. The second-order valence-electron chi connectivity index (χ2n) is 4.47. The van der Waals surface area contributed by atoms with E-state index in [0.717, 1.165) is 31.4 Å². The Morgan fingerprint density at radius 1 is 1.44 bits per heavy atom. The van der Waals surface area contributed by atoms with Crippen LogP contribution in [0, 0.1) is 5.82 Å². The molecule has 1 aromatic rings. The normalized spacial score (nSPS) is 15.2. The lowest BCUT2D eigenvalue weighted by atomic mass is 9.91. The number of phenols is 1. The second-order valence-corrected chi connectivity index (χ2v) is 4.47. The van der Waals surface area contributed by atoms with Crippen LogP contribution in [0.15, 0.2) is 18.2 Å². The average molecular weight is 253 g/mol. The molecule has 0 spiro atoms. The number of hydrogen-bond donors (Lipinski definition) is 2. The second kappa shape index (κ2) is 5.35. The van der Waals surface area contributed by atoms with E-state index >= 15 is 0 Å². The number of carbonyl (C=O) groups is 1. The molecule has 0 saturated heterocycles. The van der Waals surface area contributed by atoms with Crippen LogP contribution >= 0.6 is 0 Å². The van der Waals surface area contributed by atoms with Crippen molar-refractivity contribution in [1.29, 1.82) is 0 Å². The van der Waals surface area contributed by atoms with Gasteiger partial charge in [-0.05, 0) is 37.5 Å². The van der Waals surface area contributed by atoms with E-state index in [1.54, 1.807) is 0 Å². The van der Waals surface area contributed by atoms with E-state index in [0.29, 0.717) is 0 Å². The van der Waals surface area contributed by atoms with Crippen molar-refractivity contribution in [2.24, 2.45) is 0 Å².